The van der Waals surface area contributed by atoms with Crippen molar-refractivity contribution in [3.8, 4) is 0 Å². The minimum atomic E-state index is -4.64. The predicted octanol–water partition coefficient (Wildman–Crippen LogP) is -1.04. The minimum Gasteiger partial charge on any atom is -0.394 e. The molecule has 0 heterocycles. The fourth-order valence-corrected chi connectivity index (χ4v) is 0.516. The summed E-state index contributed by atoms with van der Waals surface area (Å²) in [6.07, 6.45) is 0. The highest BCUT2D eigenvalue weighted by molar-refractivity contribution is 7.45. The number of carbonyl (C=O) groups is 1. The molecule has 0 aliphatic carbocycles. The van der Waals surface area contributed by atoms with E-state index in [1.165, 1.54) is 6.92 Å². The lowest BCUT2D eigenvalue weighted by Gasteiger charge is -2.21. The van der Waals surface area contributed by atoms with Crippen LogP contribution in [0.1, 0.15) is 20.8 Å². The smallest absolute Gasteiger partial charge is 0.394 e. The molecule has 0 aliphatic heterocycles. The molecule has 0 aromatic carbocycles. The van der Waals surface area contributed by atoms with Crippen LogP contribution in [0.4, 0.5) is 0 Å². The standard InChI is InChI=1S/C6H13NO2.H3O4P/c1-5(9)7-6(2,3)4-8;1-5(2,3)4/h8H,4H2,1-3H3,(H,7,9);(H3,1,2,3,4). The Morgan fingerprint density at radius 2 is 1.64 bits per heavy atom. The second-order valence-corrected chi connectivity index (χ2v) is 4.26. The molecular weight excluding hydrogens is 213 g/mol. The molecular formula is C6H16NO6P. The Bertz CT molecular complexity index is 214. The van der Waals surface area contributed by atoms with Crippen LogP contribution in [0.2, 0.25) is 0 Å². The predicted molar refractivity (Wildman–Crippen MR) is 49.2 cm³/mol. The summed E-state index contributed by atoms with van der Waals surface area (Å²) in [6.45, 7) is 4.91. The lowest BCUT2D eigenvalue weighted by atomic mass is 10.1. The van der Waals surface area contributed by atoms with Gasteiger partial charge in [-0.05, 0) is 13.8 Å². The van der Waals surface area contributed by atoms with Gasteiger partial charge in [-0.2, -0.15) is 0 Å². The van der Waals surface area contributed by atoms with Gasteiger partial charge in [0.25, 0.3) is 0 Å². The number of hydrogen-bond donors (Lipinski definition) is 5. The number of aliphatic hydroxyl groups is 1. The summed E-state index contributed by atoms with van der Waals surface area (Å²) in [5.74, 6) is -0.117. The highest BCUT2D eigenvalue weighted by Crippen LogP contribution is 2.25. The van der Waals surface area contributed by atoms with Gasteiger partial charge in [0.05, 0.1) is 12.1 Å². The van der Waals surface area contributed by atoms with Crippen LogP contribution in [0.25, 0.3) is 0 Å². The van der Waals surface area contributed by atoms with Gasteiger partial charge in [0.15, 0.2) is 0 Å². The maximum absolute atomic E-state index is 10.4. The summed E-state index contributed by atoms with van der Waals surface area (Å²) < 4.78 is 8.88. The summed E-state index contributed by atoms with van der Waals surface area (Å²) in [7, 11) is -4.64. The molecule has 0 unspecified atom stereocenters. The molecule has 0 saturated carbocycles. The maximum Gasteiger partial charge on any atom is 0.466 e. The Morgan fingerprint density at radius 3 is 1.71 bits per heavy atom. The highest BCUT2D eigenvalue weighted by atomic mass is 31.2. The minimum absolute atomic E-state index is 0.0351. The average Bonchev–Trinajstić information content (AvgIpc) is 1.80. The molecule has 7 nitrogen and oxygen atoms in total. The van der Waals surface area contributed by atoms with Crippen molar-refractivity contribution in [3.63, 3.8) is 0 Å². The zero-order valence-corrected chi connectivity index (χ0v) is 9.15. The van der Waals surface area contributed by atoms with Crippen molar-refractivity contribution in [3.05, 3.63) is 0 Å². The van der Waals surface area contributed by atoms with Crippen LogP contribution in [-0.4, -0.2) is 37.8 Å². The van der Waals surface area contributed by atoms with Crippen molar-refractivity contribution in [2.24, 2.45) is 0 Å². The monoisotopic (exact) mass is 229 g/mol. The summed E-state index contributed by atoms with van der Waals surface area (Å²) in [5, 5.41) is 11.2. The van der Waals surface area contributed by atoms with Crippen LogP contribution in [0.3, 0.4) is 0 Å². The van der Waals surface area contributed by atoms with E-state index in [4.69, 9.17) is 24.4 Å². The van der Waals surface area contributed by atoms with Crippen molar-refractivity contribution in [1.29, 1.82) is 0 Å². The van der Waals surface area contributed by atoms with Gasteiger partial charge in [0, 0.05) is 6.92 Å². The van der Waals surface area contributed by atoms with Gasteiger partial charge in [-0.1, -0.05) is 0 Å². The molecule has 0 saturated heterocycles. The third-order valence-corrected chi connectivity index (χ3v) is 0.910. The number of amides is 1. The third-order valence-electron chi connectivity index (χ3n) is 0.910. The molecule has 0 aromatic heterocycles. The summed E-state index contributed by atoms with van der Waals surface area (Å²) in [6, 6.07) is 0. The average molecular weight is 229 g/mol. The number of aliphatic hydroxyl groups excluding tert-OH is 1. The van der Waals surface area contributed by atoms with Gasteiger partial charge in [0.1, 0.15) is 0 Å². The van der Waals surface area contributed by atoms with Crippen LogP contribution in [0, 0.1) is 0 Å². The van der Waals surface area contributed by atoms with Crippen molar-refractivity contribution in [2.75, 3.05) is 6.61 Å². The highest BCUT2D eigenvalue weighted by Gasteiger charge is 2.15. The van der Waals surface area contributed by atoms with Crippen molar-refractivity contribution in [2.45, 2.75) is 26.3 Å². The molecule has 0 spiro atoms. The SMILES string of the molecule is CC(=O)NC(C)(C)CO.O=P(O)(O)O. The Kier molecular flexibility index (Phi) is 6.97. The van der Waals surface area contributed by atoms with E-state index >= 15 is 0 Å². The number of rotatable bonds is 2. The zero-order valence-electron chi connectivity index (χ0n) is 8.26. The Hall–Kier alpha value is -0.460. The number of carbonyl (C=O) groups excluding carboxylic acids is 1. The van der Waals surface area contributed by atoms with Crippen LogP contribution in [0.5, 0.6) is 0 Å². The van der Waals surface area contributed by atoms with E-state index < -0.39 is 13.4 Å². The van der Waals surface area contributed by atoms with Gasteiger partial charge in [-0.3, -0.25) is 4.79 Å². The summed E-state index contributed by atoms with van der Waals surface area (Å²) in [5.41, 5.74) is -0.480. The molecule has 0 aliphatic rings. The Morgan fingerprint density at radius 1 is 1.36 bits per heavy atom. The molecule has 1 amide bonds. The molecule has 0 radical (unpaired) electrons. The van der Waals surface area contributed by atoms with Gasteiger partial charge in [-0.25, -0.2) is 4.57 Å². The first-order valence-corrected chi connectivity index (χ1v) is 5.22. The van der Waals surface area contributed by atoms with Crippen LogP contribution in [0.15, 0.2) is 0 Å². The Balaban J connectivity index is 0. The lowest BCUT2D eigenvalue weighted by Crippen LogP contribution is -2.45. The normalized spacial score (nSPS) is 11.4. The molecule has 14 heavy (non-hydrogen) atoms. The molecule has 8 heteroatoms. The number of phosphoric acid groups is 1. The lowest BCUT2D eigenvalue weighted by molar-refractivity contribution is -0.121. The zero-order chi connectivity index (χ0) is 12.0. The van der Waals surface area contributed by atoms with E-state index in [2.05, 4.69) is 5.32 Å². The van der Waals surface area contributed by atoms with Gasteiger partial charge in [0.2, 0.25) is 5.91 Å². The molecule has 0 bridgehead atoms. The van der Waals surface area contributed by atoms with Gasteiger partial charge in [-0.15, -0.1) is 0 Å². The fraction of sp³-hybridized carbons (Fsp3) is 0.833. The molecule has 5 N–H and O–H groups in total. The molecule has 0 rings (SSSR count). The van der Waals surface area contributed by atoms with E-state index in [-0.39, 0.29) is 12.5 Å². The molecule has 86 valence electrons. The van der Waals surface area contributed by atoms with Crippen LogP contribution >= 0.6 is 7.82 Å². The number of hydrogen-bond acceptors (Lipinski definition) is 3. The first-order valence-electron chi connectivity index (χ1n) is 3.66. The second-order valence-electron chi connectivity index (χ2n) is 3.24. The summed E-state index contributed by atoms with van der Waals surface area (Å²) >= 11 is 0. The first-order chi connectivity index (χ1) is 5.98. The van der Waals surface area contributed by atoms with Crippen LogP contribution in [-0.2, 0) is 9.36 Å². The maximum atomic E-state index is 10.4. The molecule has 0 fully saturated rings. The van der Waals surface area contributed by atoms with Crippen molar-refractivity contribution < 1.29 is 29.1 Å². The molecule has 0 atom stereocenters. The van der Waals surface area contributed by atoms with E-state index in [9.17, 15) is 4.79 Å². The van der Waals surface area contributed by atoms with Gasteiger partial charge < -0.3 is 25.1 Å². The van der Waals surface area contributed by atoms with E-state index in [0.717, 1.165) is 0 Å². The first kappa shape index (κ1) is 16.0. The van der Waals surface area contributed by atoms with E-state index in [1.54, 1.807) is 13.8 Å². The van der Waals surface area contributed by atoms with Crippen molar-refractivity contribution in [1.82, 2.24) is 5.32 Å². The summed E-state index contributed by atoms with van der Waals surface area (Å²) in [4.78, 5) is 32.0. The third kappa shape index (κ3) is 22.5. The second kappa shape index (κ2) is 6.10. The van der Waals surface area contributed by atoms with E-state index in [1.807, 2.05) is 0 Å². The number of nitrogens with one attached hydrogen (secondary N) is 1. The van der Waals surface area contributed by atoms with Gasteiger partial charge >= 0.3 is 7.82 Å². The fourth-order valence-electron chi connectivity index (χ4n) is 0.516. The van der Waals surface area contributed by atoms with E-state index in [0.29, 0.717) is 0 Å². The molecule has 0 aromatic rings. The Labute approximate surface area is 82.0 Å². The van der Waals surface area contributed by atoms with Crippen molar-refractivity contribution >= 4 is 13.7 Å². The van der Waals surface area contributed by atoms with Crippen LogP contribution < -0.4 is 5.32 Å². The quantitative estimate of drug-likeness (QED) is 0.385. The topological polar surface area (TPSA) is 127 Å². The largest absolute Gasteiger partial charge is 0.466 e.